The molecule has 0 aliphatic heterocycles. The molecule has 0 saturated carbocycles. The van der Waals surface area contributed by atoms with Crippen molar-refractivity contribution >= 4 is 11.6 Å². The first-order valence-electron chi connectivity index (χ1n) is 6.11. The van der Waals surface area contributed by atoms with Gasteiger partial charge in [-0.3, -0.25) is 4.79 Å². The molecule has 88 valence electrons. The van der Waals surface area contributed by atoms with Crippen LogP contribution in [0.15, 0.2) is 24.3 Å². The average Bonchev–Trinajstić information content (AvgIpc) is 2.31. The van der Waals surface area contributed by atoms with Gasteiger partial charge in [-0.1, -0.05) is 39.0 Å². The van der Waals surface area contributed by atoms with E-state index in [2.05, 4.69) is 32.2 Å². The Hall–Kier alpha value is -1.31. The summed E-state index contributed by atoms with van der Waals surface area (Å²) in [5, 5.41) is 3.02. The van der Waals surface area contributed by atoms with Crippen molar-refractivity contribution in [2.24, 2.45) is 5.92 Å². The van der Waals surface area contributed by atoms with Crippen molar-refractivity contribution < 1.29 is 4.79 Å². The lowest BCUT2D eigenvalue weighted by Gasteiger charge is -2.14. The number of anilines is 1. The van der Waals surface area contributed by atoms with Crippen LogP contribution in [0.2, 0.25) is 0 Å². The molecule has 0 aromatic heterocycles. The summed E-state index contributed by atoms with van der Waals surface area (Å²) in [5.74, 6) is 0.274. The molecule has 0 atom stereocenters. The molecule has 1 aromatic carbocycles. The molecule has 0 spiro atoms. The third kappa shape index (κ3) is 3.09. The van der Waals surface area contributed by atoms with Gasteiger partial charge in [-0.15, -0.1) is 0 Å². The van der Waals surface area contributed by atoms with Crippen molar-refractivity contribution in [1.82, 2.24) is 0 Å². The van der Waals surface area contributed by atoms with E-state index in [0.717, 1.165) is 24.9 Å². The topological polar surface area (TPSA) is 29.1 Å². The fraction of sp³-hybridized carbons (Fsp3) is 0.500. The minimum atomic E-state index is 0.130. The molecule has 1 amide bonds. The number of aryl methyl sites for hydroxylation is 1. The van der Waals surface area contributed by atoms with Gasteiger partial charge in [0.15, 0.2) is 0 Å². The maximum atomic E-state index is 11.9. The van der Waals surface area contributed by atoms with Gasteiger partial charge < -0.3 is 5.32 Å². The second-order valence-electron chi connectivity index (χ2n) is 4.01. The number of carbonyl (C=O) groups is 1. The predicted octanol–water partition coefficient (Wildman–Crippen LogP) is 3.62. The molecule has 0 radical (unpaired) electrons. The molecule has 0 heterocycles. The summed E-state index contributed by atoms with van der Waals surface area (Å²) in [7, 11) is 0. The highest BCUT2D eigenvalue weighted by atomic mass is 16.1. The summed E-state index contributed by atoms with van der Waals surface area (Å²) < 4.78 is 0. The fourth-order valence-electron chi connectivity index (χ4n) is 1.84. The summed E-state index contributed by atoms with van der Waals surface area (Å²) in [6, 6.07) is 7.99. The lowest BCUT2D eigenvalue weighted by molar-refractivity contribution is -0.120. The van der Waals surface area contributed by atoms with Gasteiger partial charge >= 0.3 is 0 Å². The zero-order valence-corrected chi connectivity index (χ0v) is 10.4. The molecule has 16 heavy (non-hydrogen) atoms. The maximum Gasteiger partial charge on any atom is 0.227 e. The summed E-state index contributed by atoms with van der Waals surface area (Å²) in [5.41, 5.74) is 2.16. The Morgan fingerprint density at radius 3 is 2.38 bits per heavy atom. The molecular formula is C14H21NO. The van der Waals surface area contributed by atoms with Gasteiger partial charge in [-0.25, -0.2) is 0 Å². The number of nitrogens with one attached hydrogen (secondary N) is 1. The SMILES string of the molecule is CCc1ccccc1NC(=O)C(CC)CC. The summed E-state index contributed by atoms with van der Waals surface area (Å²) >= 11 is 0. The summed E-state index contributed by atoms with van der Waals surface area (Å²) in [4.78, 5) is 11.9. The van der Waals surface area contributed by atoms with Crippen LogP contribution >= 0.6 is 0 Å². The van der Waals surface area contributed by atoms with E-state index in [4.69, 9.17) is 0 Å². The van der Waals surface area contributed by atoms with Crippen LogP contribution < -0.4 is 5.32 Å². The molecule has 1 N–H and O–H groups in total. The van der Waals surface area contributed by atoms with Crippen LogP contribution in [0.5, 0.6) is 0 Å². The van der Waals surface area contributed by atoms with Crippen LogP contribution in [0, 0.1) is 5.92 Å². The van der Waals surface area contributed by atoms with Gasteiger partial charge in [0.2, 0.25) is 5.91 Å². The lowest BCUT2D eigenvalue weighted by atomic mass is 10.0. The van der Waals surface area contributed by atoms with Crippen molar-refractivity contribution in [3.8, 4) is 0 Å². The van der Waals surface area contributed by atoms with Crippen LogP contribution in [-0.2, 0) is 11.2 Å². The second-order valence-corrected chi connectivity index (χ2v) is 4.01. The highest BCUT2D eigenvalue weighted by Gasteiger charge is 2.14. The van der Waals surface area contributed by atoms with Crippen LogP contribution in [-0.4, -0.2) is 5.91 Å². The van der Waals surface area contributed by atoms with Crippen LogP contribution in [0.4, 0.5) is 5.69 Å². The first-order chi connectivity index (χ1) is 7.72. The number of hydrogen-bond acceptors (Lipinski definition) is 1. The maximum absolute atomic E-state index is 11.9. The zero-order valence-electron chi connectivity index (χ0n) is 10.4. The number of para-hydroxylation sites is 1. The van der Waals surface area contributed by atoms with E-state index >= 15 is 0 Å². The van der Waals surface area contributed by atoms with E-state index in [-0.39, 0.29) is 11.8 Å². The Labute approximate surface area is 98.1 Å². The molecule has 0 bridgehead atoms. The van der Waals surface area contributed by atoms with Gasteiger partial charge in [0.05, 0.1) is 0 Å². The highest BCUT2D eigenvalue weighted by molar-refractivity contribution is 5.93. The predicted molar refractivity (Wildman–Crippen MR) is 68.5 cm³/mol. The zero-order chi connectivity index (χ0) is 12.0. The minimum absolute atomic E-state index is 0.130. The largest absolute Gasteiger partial charge is 0.326 e. The molecule has 0 fully saturated rings. The second kappa shape index (κ2) is 6.31. The molecular weight excluding hydrogens is 198 g/mol. The molecule has 0 aliphatic rings. The summed E-state index contributed by atoms with van der Waals surface area (Å²) in [6.07, 6.45) is 2.74. The standard InChI is InChI=1S/C14H21NO/c1-4-11(5-2)14(16)15-13-10-8-7-9-12(13)6-3/h7-11H,4-6H2,1-3H3,(H,15,16). The van der Waals surface area contributed by atoms with Crippen molar-refractivity contribution in [2.75, 3.05) is 5.32 Å². The van der Waals surface area contributed by atoms with Crippen LogP contribution in [0.3, 0.4) is 0 Å². The molecule has 2 heteroatoms. The van der Waals surface area contributed by atoms with E-state index in [9.17, 15) is 4.79 Å². The van der Waals surface area contributed by atoms with Gasteiger partial charge in [0, 0.05) is 11.6 Å². The lowest BCUT2D eigenvalue weighted by Crippen LogP contribution is -2.22. The summed E-state index contributed by atoms with van der Waals surface area (Å²) in [6.45, 7) is 6.21. The van der Waals surface area contributed by atoms with Gasteiger partial charge in [0.1, 0.15) is 0 Å². The third-order valence-corrected chi connectivity index (χ3v) is 3.01. The Kier molecular flexibility index (Phi) is 5.03. The molecule has 1 aromatic rings. The normalized spacial score (nSPS) is 10.5. The minimum Gasteiger partial charge on any atom is -0.326 e. The number of benzene rings is 1. The van der Waals surface area contributed by atoms with E-state index in [1.807, 2.05) is 18.2 Å². The quantitative estimate of drug-likeness (QED) is 0.805. The van der Waals surface area contributed by atoms with Crippen molar-refractivity contribution in [2.45, 2.75) is 40.0 Å². The van der Waals surface area contributed by atoms with E-state index < -0.39 is 0 Å². The number of carbonyl (C=O) groups excluding carboxylic acids is 1. The Balaban J connectivity index is 2.76. The molecule has 2 nitrogen and oxygen atoms in total. The smallest absolute Gasteiger partial charge is 0.227 e. The van der Waals surface area contributed by atoms with Crippen LogP contribution in [0.1, 0.15) is 39.2 Å². The number of amides is 1. The Bertz CT molecular complexity index is 342. The fourth-order valence-corrected chi connectivity index (χ4v) is 1.84. The van der Waals surface area contributed by atoms with Gasteiger partial charge in [-0.05, 0) is 30.9 Å². The van der Waals surface area contributed by atoms with E-state index in [0.29, 0.717) is 0 Å². The first-order valence-corrected chi connectivity index (χ1v) is 6.11. The number of hydrogen-bond donors (Lipinski definition) is 1. The number of rotatable bonds is 5. The third-order valence-electron chi connectivity index (χ3n) is 3.01. The van der Waals surface area contributed by atoms with Gasteiger partial charge in [-0.2, -0.15) is 0 Å². The van der Waals surface area contributed by atoms with E-state index in [1.54, 1.807) is 0 Å². The molecule has 0 saturated heterocycles. The molecule has 0 aliphatic carbocycles. The highest BCUT2D eigenvalue weighted by Crippen LogP contribution is 2.18. The first kappa shape index (κ1) is 12.8. The monoisotopic (exact) mass is 219 g/mol. The van der Waals surface area contributed by atoms with Crippen LogP contribution in [0.25, 0.3) is 0 Å². The van der Waals surface area contributed by atoms with Gasteiger partial charge in [0.25, 0.3) is 0 Å². The Morgan fingerprint density at radius 1 is 1.19 bits per heavy atom. The van der Waals surface area contributed by atoms with E-state index in [1.165, 1.54) is 5.56 Å². The van der Waals surface area contributed by atoms with Crippen molar-refractivity contribution in [3.05, 3.63) is 29.8 Å². The average molecular weight is 219 g/mol. The molecule has 1 rings (SSSR count). The Morgan fingerprint density at radius 2 is 1.81 bits per heavy atom. The van der Waals surface area contributed by atoms with Crippen molar-refractivity contribution in [1.29, 1.82) is 0 Å². The van der Waals surface area contributed by atoms with Crippen molar-refractivity contribution in [3.63, 3.8) is 0 Å². The molecule has 0 unspecified atom stereocenters.